The number of hydrogen-bond acceptors (Lipinski definition) is 3. The standard InChI is InChI=1S/C46H36N2O/c1-45(2)37-13-7-5-11-32(37)34-18-15-27(24-39(34)45)31-23-36(28-16-19-35-33-12-6-8-14-38(33)46(3,4)40(35)25-28)43-42(26-31)49-44(48-43)30-17-20-41-29(22-30)10-9-21-47-41/h5-26,44,48H,1-4H3. The van der Waals surface area contributed by atoms with Gasteiger partial charge in [0.15, 0.2) is 6.23 Å². The van der Waals surface area contributed by atoms with Crippen LogP contribution < -0.4 is 10.1 Å². The molecule has 1 atom stereocenters. The number of rotatable bonds is 3. The Bertz CT molecular complexity index is 2520. The van der Waals surface area contributed by atoms with Gasteiger partial charge < -0.3 is 10.1 Å². The van der Waals surface area contributed by atoms with E-state index in [0.717, 1.165) is 39.0 Å². The van der Waals surface area contributed by atoms with Gasteiger partial charge >= 0.3 is 0 Å². The lowest BCUT2D eigenvalue weighted by Gasteiger charge is -2.23. The first-order chi connectivity index (χ1) is 23.8. The summed E-state index contributed by atoms with van der Waals surface area (Å²) in [5.74, 6) is 0.870. The number of fused-ring (bicyclic) bond motifs is 8. The van der Waals surface area contributed by atoms with E-state index >= 15 is 0 Å². The average Bonchev–Trinajstić information content (AvgIpc) is 3.74. The van der Waals surface area contributed by atoms with E-state index < -0.39 is 0 Å². The van der Waals surface area contributed by atoms with Crippen LogP contribution in [0.15, 0.2) is 134 Å². The van der Waals surface area contributed by atoms with E-state index in [1.54, 1.807) is 0 Å². The lowest BCUT2D eigenvalue weighted by molar-refractivity contribution is 0.260. The minimum absolute atomic E-state index is 0.0733. The Hall–Kier alpha value is -5.67. The normalized spacial score (nSPS) is 17.0. The van der Waals surface area contributed by atoms with Crippen LogP contribution in [0.5, 0.6) is 5.75 Å². The second-order valence-electron chi connectivity index (χ2n) is 14.9. The molecule has 0 saturated carbocycles. The van der Waals surface area contributed by atoms with Gasteiger partial charge in [0.05, 0.1) is 11.2 Å². The lowest BCUT2D eigenvalue weighted by atomic mass is 9.81. The highest BCUT2D eigenvalue weighted by Gasteiger charge is 2.37. The average molecular weight is 633 g/mol. The topological polar surface area (TPSA) is 34.2 Å². The maximum absolute atomic E-state index is 6.80. The first kappa shape index (κ1) is 28.4. The number of hydrogen-bond donors (Lipinski definition) is 1. The third kappa shape index (κ3) is 4.05. The predicted octanol–water partition coefficient (Wildman–Crippen LogP) is 11.7. The van der Waals surface area contributed by atoms with Crippen LogP contribution in [0.3, 0.4) is 0 Å². The van der Waals surface area contributed by atoms with Crippen molar-refractivity contribution in [2.24, 2.45) is 0 Å². The summed E-state index contributed by atoms with van der Waals surface area (Å²) in [4.78, 5) is 4.53. The maximum atomic E-state index is 6.80. The van der Waals surface area contributed by atoms with Gasteiger partial charge in [-0.25, -0.2) is 0 Å². The highest BCUT2D eigenvalue weighted by atomic mass is 16.5. The number of pyridine rings is 1. The molecule has 1 unspecified atom stereocenters. The van der Waals surface area contributed by atoms with Gasteiger partial charge in [-0.3, -0.25) is 4.98 Å². The van der Waals surface area contributed by atoms with E-state index in [1.165, 1.54) is 55.6 Å². The van der Waals surface area contributed by atoms with E-state index in [-0.39, 0.29) is 17.1 Å². The molecule has 6 aromatic carbocycles. The van der Waals surface area contributed by atoms with Gasteiger partial charge in [-0.05, 0) is 104 Å². The molecule has 1 aromatic heterocycles. The number of benzene rings is 6. The van der Waals surface area contributed by atoms with Crippen molar-refractivity contribution in [2.45, 2.75) is 44.8 Å². The summed E-state index contributed by atoms with van der Waals surface area (Å²) < 4.78 is 6.80. The minimum atomic E-state index is -0.308. The molecular weight excluding hydrogens is 597 g/mol. The molecule has 2 aliphatic carbocycles. The zero-order chi connectivity index (χ0) is 33.1. The van der Waals surface area contributed by atoms with Crippen LogP contribution in [-0.4, -0.2) is 4.98 Å². The van der Waals surface area contributed by atoms with Gasteiger partial charge in [0, 0.05) is 33.5 Å². The summed E-state index contributed by atoms with van der Waals surface area (Å²) in [6, 6.07) is 46.7. The number of anilines is 1. The predicted molar refractivity (Wildman–Crippen MR) is 201 cm³/mol. The van der Waals surface area contributed by atoms with Gasteiger partial charge in [-0.15, -0.1) is 0 Å². The summed E-state index contributed by atoms with van der Waals surface area (Å²) in [5.41, 5.74) is 18.4. The van der Waals surface area contributed by atoms with Crippen LogP contribution in [0.25, 0.3) is 55.4 Å². The minimum Gasteiger partial charge on any atom is -0.464 e. The molecule has 10 rings (SSSR count). The fraction of sp³-hybridized carbons (Fsp3) is 0.152. The molecule has 3 aliphatic rings. The van der Waals surface area contributed by atoms with Crippen molar-refractivity contribution < 1.29 is 4.74 Å². The Kier molecular flexibility index (Phi) is 5.75. The molecule has 236 valence electrons. The Labute approximate surface area is 287 Å². The monoisotopic (exact) mass is 632 g/mol. The van der Waals surface area contributed by atoms with Crippen molar-refractivity contribution in [3.63, 3.8) is 0 Å². The molecular formula is C46H36N2O. The van der Waals surface area contributed by atoms with E-state index in [0.29, 0.717) is 0 Å². The lowest BCUT2D eigenvalue weighted by Crippen LogP contribution is -2.15. The largest absolute Gasteiger partial charge is 0.464 e. The van der Waals surface area contributed by atoms with Crippen LogP contribution in [0.2, 0.25) is 0 Å². The molecule has 7 aromatic rings. The summed E-state index contributed by atoms with van der Waals surface area (Å²) in [7, 11) is 0. The van der Waals surface area contributed by atoms with Crippen LogP contribution in [0, 0.1) is 0 Å². The molecule has 1 aliphatic heterocycles. The van der Waals surface area contributed by atoms with E-state index in [1.807, 2.05) is 12.3 Å². The molecule has 0 spiro atoms. The van der Waals surface area contributed by atoms with Crippen molar-refractivity contribution >= 4 is 16.6 Å². The molecule has 1 N–H and O–H groups in total. The van der Waals surface area contributed by atoms with E-state index in [2.05, 4.69) is 159 Å². The molecule has 0 amide bonds. The highest BCUT2D eigenvalue weighted by molar-refractivity contribution is 5.92. The van der Waals surface area contributed by atoms with Gasteiger partial charge in [0.25, 0.3) is 0 Å². The molecule has 2 heterocycles. The molecule has 0 saturated heterocycles. The van der Waals surface area contributed by atoms with E-state index in [9.17, 15) is 0 Å². The summed E-state index contributed by atoms with van der Waals surface area (Å²) >= 11 is 0. The number of aromatic nitrogens is 1. The number of nitrogens with zero attached hydrogens (tertiary/aromatic N) is 1. The molecule has 0 fully saturated rings. The first-order valence-corrected chi connectivity index (χ1v) is 17.2. The second-order valence-corrected chi connectivity index (χ2v) is 14.9. The fourth-order valence-corrected chi connectivity index (χ4v) is 8.70. The van der Waals surface area contributed by atoms with Crippen LogP contribution in [0.1, 0.15) is 61.7 Å². The second kappa shape index (κ2) is 9.93. The van der Waals surface area contributed by atoms with Crippen LogP contribution in [-0.2, 0) is 10.8 Å². The Morgan fingerprint density at radius 2 is 1.16 bits per heavy atom. The van der Waals surface area contributed by atoms with Crippen molar-refractivity contribution in [1.29, 1.82) is 0 Å². The summed E-state index contributed by atoms with van der Waals surface area (Å²) in [5, 5.41) is 4.89. The van der Waals surface area contributed by atoms with Crippen molar-refractivity contribution in [1.82, 2.24) is 4.98 Å². The Balaban J connectivity index is 1.13. The zero-order valence-electron chi connectivity index (χ0n) is 28.1. The van der Waals surface area contributed by atoms with Crippen molar-refractivity contribution in [3.8, 4) is 50.3 Å². The Morgan fingerprint density at radius 1 is 0.531 bits per heavy atom. The summed E-state index contributed by atoms with van der Waals surface area (Å²) in [6.45, 7) is 9.38. The molecule has 3 heteroatoms. The molecule has 0 bridgehead atoms. The van der Waals surface area contributed by atoms with Gasteiger partial charge in [0.1, 0.15) is 5.75 Å². The van der Waals surface area contributed by atoms with Crippen LogP contribution in [0.4, 0.5) is 5.69 Å². The fourth-order valence-electron chi connectivity index (χ4n) is 8.70. The van der Waals surface area contributed by atoms with Gasteiger partial charge in [0.2, 0.25) is 0 Å². The molecule has 3 nitrogen and oxygen atoms in total. The first-order valence-electron chi connectivity index (χ1n) is 17.2. The molecule has 49 heavy (non-hydrogen) atoms. The van der Waals surface area contributed by atoms with Crippen LogP contribution >= 0.6 is 0 Å². The van der Waals surface area contributed by atoms with Crippen molar-refractivity contribution in [2.75, 3.05) is 5.32 Å². The van der Waals surface area contributed by atoms with Gasteiger partial charge in [-0.1, -0.05) is 113 Å². The smallest absolute Gasteiger partial charge is 0.196 e. The third-order valence-corrected chi connectivity index (χ3v) is 11.4. The SMILES string of the molecule is CC1(C)c2ccccc2-c2ccc(-c3cc4c(c(-c5ccc6c(c5)C(C)(C)c5ccccc5-6)c3)NC(c3ccc5ncccc5c3)O4)cc21. The molecule has 0 radical (unpaired) electrons. The van der Waals surface area contributed by atoms with E-state index in [4.69, 9.17) is 4.74 Å². The highest BCUT2D eigenvalue weighted by Crippen LogP contribution is 2.53. The number of nitrogens with one attached hydrogen (secondary N) is 1. The number of ether oxygens (including phenoxy) is 1. The maximum Gasteiger partial charge on any atom is 0.196 e. The quantitative estimate of drug-likeness (QED) is 0.210. The zero-order valence-corrected chi connectivity index (χ0v) is 28.1. The summed E-state index contributed by atoms with van der Waals surface area (Å²) in [6.07, 6.45) is 1.53. The third-order valence-electron chi connectivity index (χ3n) is 11.4. The Morgan fingerprint density at radius 3 is 1.88 bits per heavy atom. The van der Waals surface area contributed by atoms with Gasteiger partial charge in [-0.2, -0.15) is 0 Å². The van der Waals surface area contributed by atoms with Crippen molar-refractivity contribution in [3.05, 3.63) is 161 Å².